The summed E-state index contributed by atoms with van der Waals surface area (Å²) in [4.78, 5) is 9.09. The van der Waals surface area contributed by atoms with Gasteiger partial charge in [-0.2, -0.15) is 5.10 Å². The van der Waals surface area contributed by atoms with Crippen LogP contribution in [0.4, 0.5) is 5.13 Å². The van der Waals surface area contributed by atoms with Crippen molar-refractivity contribution in [1.29, 1.82) is 0 Å². The number of thiazole rings is 1. The van der Waals surface area contributed by atoms with Crippen molar-refractivity contribution in [2.75, 3.05) is 5.32 Å². The second-order valence-corrected chi connectivity index (χ2v) is 9.25. The van der Waals surface area contributed by atoms with E-state index in [1.807, 2.05) is 44.1 Å². The van der Waals surface area contributed by atoms with Crippen molar-refractivity contribution < 1.29 is 5.11 Å². The van der Waals surface area contributed by atoms with Crippen LogP contribution in [0.15, 0.2) is 67.4 Å². The van der Waals surface area contributed by atoms with Crippen molar-refractivity contribution in [3.8, 4) is 11.3 Å². The third-order valence-corrected chi connectivity index (χ3v) is 6.95. The first-order valence-electron chi connectivity index (χ1n) is 10.5. The van der Waals surface area contributed by atoms with E-state index in [-0.39, 0.29) is 6.04 Å². The first kappa shape index (κ1) is 19.2. The van der Waals surface area contributed by atoms with Crippen LogP contribution >= 0.6 is 11.3 Å². The summed E-state index contributed by atoms with van der Waals surface area (Å²) in [5.74, 6) is 0. The summed E-state index contributed by atoms with van der Waals surface area (Å²) in [7, 11) is 1.91. The Bertz CT molecular complexity index is 1420. The minimum absolute atomic E-state index is 0.126. The predicted octanol–water partition coefficient (Wildman–Crippen LogP) is 4.01. The summed E-state index contributed by atoms with van der Waals surface area (Å²) in [6, 6.07) is 14.4. The van der Waals surface area contributed by atoms with Gasteiger partial charge < -0.3 is 15.0 Å². The second kappa shape index (κ2) is 7.58. The zero-order valence-corrected chi connectivity index (χ0v) is 18.3. The molecule has 0 saturated heterocycles. The van der Waals surface area contributed by atoms with E-state index in [0.717, 1.165) is 38.7 Å². The highest BCUT2D eigenvalue weighted by molar-refractivity contribution is 7.22. The van der Waals surface area contributed by atoms with Gasteiger partial charge in [0.15, 0.2) is 5.13 Å². The average Bonchev–Trinajstić information content (AvgIpc) is 3.55. The van der Waals surface area contributed by atoms with Gasteiger partial charge in [-0.15, -0.1) is 0 Å². The summed E-state index contributed by atoms with van der Waals surface area (Å²) in [5.41, 5.74) is 6.58. The monoisotopic (exact) mass is 442 g/mol. The van der Waals surface area contributed by atoms with E-state index in [9.17, 15) is 5.11 Å². The SMILES string of the molecule is Cn1cc(-c2cncn2Cc2ccc3nc(NC4c5ccccc5CC4O)sc3c2)cn1. The Kier molecular flexibility index (Phi) is 4.55. The summed E-state index contributed by atoms with van der Waals surface area (Å²) in [5, 5.41) is 19.1. The Labute approximate surface area is 189 Å². The zero-order chi connectivity index (χ0) is 21.7. The number of rotatable bonds is 5. The molecule has 0 spiro atoms. The maximum atomic E-state index is 10.6. The van der Waals surface area contributed by atoms with Crippen molar-refractivity contribution in [1.82, 2.24) is 24.3 Å². The zero-order valence-electron chi connectivity index (χ0n) is 17.5. The van der Waals surface area contributed by atoms with Crippen LogP contribution in [0.1, 0.15) is 22.7 Å². The molecule has 2 atom stereocenters. The van der Waals surface area contributed by atoms with E-state index in [1.165, 1.54) is 11.1 Å². The number of fused-ring (bicyclic) bond motifs is 2. The molecule has 2 unspecified atom stereocenters. The molecular weight excluding hydrogens is 420 g/mol. The molecule has 32 heavy (non-hydrogen) atoms. The van der Waals surface area contributed by atoms with Crippen LogP contribution in [0.25, 0.3) is 21.5 Å². The molecule has 0 amide bonds. The molecule has 0 aliphatic heterocycles. The molecule has 0 saturated carbocycles. The van der Waals surface area contributed by atoms with Crippen molar-refractivity contribution in [3.05, 3.63) is 84.1 Å². The van der Waals surface area contributed by atoms with Gasteiger partial charge in [-0.3, -0.25) is 4.68 Å². The van der Waals surface area contributed by atoms with Crippen molar-refractivity contribution >= 4 is 26.7 Å². The van der Waals surface area contributed by atoms with Gasteiger partial charge in [-0.05, 0) is 28.8 Å². The molecule has 6 rings (SSSR count). The molecular formula is C24H22N6OS. The van der Waals surface area contributed by atoms with E-state index < -0.39 is 6.10 Å². The lowest BCUT2D eigenvalue weighted by atomic mass is 10.1. The molecule has 3 aromatic heterocycles. The third-order valence-electron chi connectivity index (χ3n) is 6.00. The molecule has 2 N–H and O–H groups in total. The second-order valence-electron chi connectivity index (χ2n) is 8.22. The number of benzene rings is 2. The Hall–Kier alpha value is -3.49. The first-order chi connectivity index (χ1) is 15.6. The number of imidazole rings is 1. The molecule has 7 nitrogen and oxygen atoms in total. The number of hydrogen-bond donors (Lipinski definition) is 2. The molecule has 1 aliphatic rings. The molecule has 8 heteroatoms. The predicted molar refractivity (Wildman–Crippen MR) is 126 cm³/mol. The fourth-order valence-corrected chi connectivity index (χ4v) is 5.41. The summed E-state index contributed by atoms with van der Waals surface area (Å²) < 4.78 is 5.04. The third kappa shape index (κ3) is 3.37. The lowest BCUT2D eigenvalue weighted by molar-refractivity contribution is 0.166. The van der Waals surface area contributed by atoms with E-state index in [2.05, 4.69) is 50.3 Å². The van der Waals surface area contributed by atoms with Crippen LogP contribution in [0.2, 0.25) is 0 Å². The number of aliphatic hydroxyl groups excluding tert-OH is 1. The summed E-state index contributed by atoms with van der Waals surface area (Å²) in [6.07, 6.45) is 7.80. The lowest BCUT2D eigenvalue weighted by Gasteiger charge is -2.16. The van der Waals surface area contributed by atoms with Crippen LogP contribution in [-0.2, 0) is 20.0 Å². The number of aryl methyl sites for hydroxylation is 1. The topological polar surface area (TPSA) is 80.8 Å². The van der Waals surface area contributed by atoms with Crippen LogP contribution < -0.4 is 5.32 Å². The smallest absolute Gasteiger partial charge is 0.184 e. The van der Waals surface area contributed by atoms with E-state index >= 15 is 0 Å². The highest BCUT2D eigenvalue weighted by Gasteiger charge is 2.31. The van der Waals surface area contributed by atoms with Gasteiger partial charge in [0, 0.05) is 31.8 Å². The van der Waals surface area contributed by atoms with Gasteiger partial charge in [-0.25, -0.2) is 9.97 Å². The van der Waals surface area contributed by atoms with E-state index in [1.54, 1.807) is 16.0 Å². The number of anilines is 1. The minimum Gasteiger partial charge on any atom is -0.390 e. The summed E-state index contributed by atoms with van der Waals surface area (Å²) in [6.45, 7) is 0.718. The molecule has 160 valence electrons. The molecule has 5 aromatic rings. The highest BCUT2D eigenvalue weighted by Crippen LogP contribution is 2.36. The number of nitrogens with one attached hydrogen (secondary N) is 1. The lowest BCUT2D eigenvalue weighted by Crippen LogP contribution is -2.20. The quantitative estimate of drug-likeness (QED) is 0.430. The standard InChI is InChI=1S/C24H22N6OS/c1-29-13-17(10-26-29)20-11-25-14-30(20)12-15-6-7-19-22(8-15)32-24(27-19)28-23-18-5-3-2-4-16(18)9-21(23)31/h2-8,10-11,13-14,21,23,31H,9,12H2,1H3,(H,27,28). The highest BCUT2D eigenvalue weighted by atomic mass is 32.1. The van der Waals surface area contributed by atoms with Gasteiger partial charge >= 0.3 is 0 Å². The minimum atomic E-state index is -0.442. The van der Waals surface area contributed by atoms with Gasteiger partial charge in [0.1, 0.15) is 0 Å². The van der Waals surface area contributed by atoms with Gasteiger partial charge in [-0.1, -0.05) is 41.7 Å². The molecule has 2 aromatic carbocycles. The molecule has 1 aliphatic carbocycles. The fourth-order valence-electron chi connectivity index (χ4n) is 4.45. The first-order valence-corrected chi connectivity index (χ1v) is 11.4. The van der Waals surface area contributed by atoms with E-state index in [0.29, 0.717) is 6.42 Å². The van der Waals surface area contributed by atoms with Gasteiger partial charge in [0.25, 0.3) is 0 Å². The van der Waals surface area contributed by atoms with Crippen LogP contribution in [0.5, 0.6) is 0 Å². The average molecular weight is 443 g/mol. The molecule has 3 heterocycles. The number of hydrogen-bond acceptors (Lipinski definition) is 6. The normalized spacial score (nSPS) is 17.7. The Morgan fingerprint density at radius 3 is 2.97 bits per heavy atom. The largest absolute Gasteiger partial charge is 0.390 e. The fraction of sp³-hybridized carbons (Fsp3) is 0.208. The maximum Gasteiger partial charge on any atom is 0.184 e. The molecule has 0 radical (unpaired) electrons. The van der Waals surface area contributed by atoms with Crippen molar-refractivity contribution in [3.63, 3.8) is 0 Å². The van der Waals surface area contributed by atoms with Gasteiger partial charge in [0.05, 0.1) is 46.8 Å². The Morgan fingerprint density at radius 2 is 2.09 bits per heavy atom. The Balaban J connectivity index is 1.25. The van der Waals surface area contributed by atoms with Crippen molar-refractivity contribution in [2.45, 2.75) is 25.1 Å². The van der Waals surface area contributed by atoms with Crippen LogP contribution in [0.3, 0.4) is 0 Å². The number of aliphatic hydroxyl groups is 1. The van der Waals surface area contributed by atoms with E-state index in [4.69, 9.17) is 4.98 Å². The number of nitrogens with zero attached hydrogens (tertiary/aromatic N) is 5. The maximum absolute atomic E-state index is 10.6. The number of aromatic nitrogens is 5. The van der Waals surface area contributed by atoms with Crippen molar-refractivity contribution in [2.24, 2.45) is 7.05 Å². The summed E-state index contributed by atoms with van der Waals surface area (Å²) >= 11 is 1.62. The van der Waals surface area contributed by atoms with Crippen LogP contribution in [0, 0.1) is 0 Å². The Morgan fingerprint density at radius 1 is 1.19 bits per heavy atom. The van der Waals surface area contributed by atoms with Gasteiger partial charge in [0.2, 0.25) is 0 Å². The van der Waals surface area contributed by atoms with Crippen LogP contribution in [-0.4, -0.2) is 35.5 Å². The molecule has 0 bridgehead atoms. The molecule has 0 fully saturated rings.